The molecule has 2 aromatic rings. The maximum atomic E-state index is 2.97. The van der Waals surface area contributed by atoms with Crippen molar-refractivity contribution in [3.63, 3.8) is 0 Å². The average molecular weight is 254 g/mol. The van der Waals surface area contributed by atoms with Gasteiger partial charge in [0.2, 0.25) is 0 Å². The molecule has 0 nitrogen and oxygen atoms in total. The van der Waals surface area contributed by atoms with Crippen molar-refractivity contribution in [3.8, 4) is 0 Å². The molecular formula is C17H19P. The van der Waals surface area contributed by atoms with Crippen LogP contribution in [0.4, 0.5) is 0 Å². The summed E-state index contributed by atoms with van der Waals surface area (Å²) in [6.45, 7) is 0. The van der Waals surface area contributed by atoms with Crippen LogP contribution in [0.5, 0.6) is 0 Å². The van der Waals surface area contributed by atoms with Gasteiger partial charge in [0.15, 0.2) is 0 Å². The monoisotopic (exact) mass is 254 g/mol. The zero-order valence-electron chi connectivity index (χ0n) is 10.5. The molecule has 0 N–H and O–H groups in total. The van der Waals surface area contributed by atoms with Crippen LogP contribution in [0.15, 0.2) is 60.7 Å². The van der Waals surface area contributed by atoms with Crippen LogP contribution in [0.2, 0.25) is 0 Å². The van der Waals surface area contributed by atoms with Gasteiger partial charge in [-0.15, -0.1) is 9.24 Å². The Labute approximate surface area is 112 Å². The molecule has 92 valence electrons. The van der Waals surface area contributed by atoms with E-state index in [2.05, 4.69) is 69.9 Å². The summed E-state index contributed by atoms with van der Waals surface area (Å²) >= 11 is 0. The van der Waals surface area contributed by atoms with Crippen LogP contribution in [0.1, 0.15) is 29.9 Å². The lowest BCUT2D eigenvalue weighted by atomic mass is 9.55. The second kappa shape index (κ2) is 4.86. The third-order valence-corrected chi connectivity index (χ3v) is 5.19. The molecule has 0 amide bonds. The van der Waals surface area contributed by atoms with E-state index in [1.165, 1.54) is 24.0 Å². The first-order valence-electron chi connectivity index (χ1n) is 6.67. The lowest BCUT2D eigenvalue weighted by molar-refractivity contribution is 0.220. The van der Waals surface area contributed by atoms with E-state index >= 15 is 0 Å². The Morgan fingerprint density at radius 3 is 2.06 bits per heavy atom. The number of hydrogen-bond donors (Lipinski definition) is 0. The molecule has 0 aromatic heterocycles. The molecule has 0 bridgehead atoms. The first kappa shape index (κ1) is 11.9. The van der Waals surface area contributed by atoms with Crippen molar-refractivity contribution in [2.75, 3.05) is 6.16 Å². The zero-order chi connectivity index (χ0) is 12.4. The minimum absolute atomic E-state index is 0.341. The Bertz CT molecular complexity index is 502. The summed E-state index contributed by atoms with van der Waals surface area (Å²) in [5.41, 5.74) is 3.34. The fourth-order valence-corrected chi connectivity index (χ4v) is 4.01. The van der Waals surface area contributed by atoms with Gasteiger partial charge in [-0.1, -0.05) is 60.7 Å². The molecule has 1 fully saturated rings. The zero-order valence-corrected chi connectivity index (χ0v) is 11.7. The second-order valence-corrected chi connectivity index (χ2v) is 5.64. The molecule has 3 unspecified atom stereocenters. The summed E-state index contributed by atoms with van der Waals surface area (Å²) in [6.07, 6.45) is 3.77. The fraction of sp³-hybridized carbons (Fsp3) is 0.294. The van der Waals surface area contributed by atoms with E-state index in [1.807, 2.05) is 0 Å². The maximum absolute atomic E-state index is 2.97. The minimum atomic E-state index is 0.341. The standard InChI is InChI=1S/C17H19P/c18-13-17(15-9-5-2-6-10-15)12-11-16(17)14-7-3-1-4-8-14/h1-10,16H,11-13,18H2. The summed E-state index contributed by atoms with van der Waals surface area (Å²) in [4.78, 5) is 0. The molecule has 0 saturated heterocycles. The SMILES string of the molecule is PCC1(c2ccccc2)CCC1c1ccccc1. The number of hydrogen-bond acceptors (Lipinski definition) is 0. The highest BCUT2D eigenvalue weighted by atomic mass is 31.0. The van der Waals surface area contributed by atoms with E-state index in [0.29, 0.717) is 11.3 Å². The summed E-state index contributed by atoms with van der Waals surface area (Å²) in [7, 11) is 2.97. The first-order chi connectivity index (χ1) is 8.87. The van der Waals surface area contributed by atoms with Crippen LogP contribution >= 0.6 is 9.24 Å². The highest BCUT2D eigenvalue weighted by Gasteiger charge is 2.46. The second-order valence-electron chi connectivity index (χ2n) is 5.23. The van der Waals surface area contributed by atoms with Gasteiger partial charge >= 0.3 is 0 Å². The normalized spacial score (nSPS) is 26.6. The highest BCUT2D eigenvalue weighted by molar-refractivity contribution is 7.16. The molecule has 1 aliphatic carbocycles. The highest BCUT2D eigenvalue weighted by Crippen LogP contribution is 2.55. The predicted molar refractivity (Wildman–Crippen MR) is 81.1 cm³/mol. The van der Waals surface area contributed by atoms with E-state index in [1.54, 1.807) is 0 Å². The molecule has 1 aliphatic rings. The van der Waals surface area contributed by atoms with Crippen LogP contribution in [0.3, 0.4) is 0 Å². The van der Waals surface area contributed by atoms with Crippen molar-refractivity contribution >= 4 is 9.24 Å². The minimum Gasteiger partial charge on any atom is -0.137 e. The molecule has 0 heterocycles. The smallest absolute Gasteiger partial charge is 0.00562 e. The van der Waals surface area contributed by atoms with Crippen molar-refractivity contribution in [2.24, 2.45) is 0 Å². The molecule has 0 radical (unpaired) electrons. The molecule has 18 heavy (non-hydrogen) atoms. The molecule has 0 spiro atoms. The van der Waals surface area contributed by atoms with E-state index in [0.717, 1.165) is 6.16 Å². The van der Waals surface area contributed by atoms with Crippen molar-refractivity contribution < 1.29 is 0 Å². The van der Waals surface area contributed by atoms with Crippen molar-refractivity contribution in [2.45, 2.75) is 24.2 Å². The van der Waals surface area contributed by atoms with Gasteiger partial charge in [-0.2, -0.15) is 0 Å². The van der Waals surface area contributed by atoms with E-state index in [9.17, 15) is 0 Å². The van der Waals surface area contributed by atoms with Crippen LogP contribution in [0.25, 0.3) is 0 Å². The van der Waals surface area contributed by atoms with Crippen molar-refractivity contribution in [1.29, 1.82) is 0 Å². The van der Waals surface area contributed by atoms with Gasteiger partial charge in [-0.3, -0.25) is 0 Å². The largest absolute Gasteiger partial charge is 0.137 e. The Kier molecular flexibility index (Phi) is 3.22. The van der Waals surface area contributed by atoms with Gasteiger partial charge in [0.25, 0.3) is 0 Å². The quantitative estimate of drug-likeness (QED) is 0.713. The Morgan fingerprint density at radius 2 is 1.56 bits per heavy atom. The summed E-state index contributed by atoms with van der Waals surface area (Å²) in [5, 5.41) is 0. The summed E-state index contributed by atoms with van der Waals surface area (Å²) < 4.78 is 0. The molecule has 2 aromatic carbocycles. The van der Waals surface area contributed by atoms with E-state index in [-0.39, 0.29) is 0 Å². The van der Waals surface area contributed by atoms with Crippen LogP contribution < -0.4 is 0 Å². The van der Waals surface area contributed by atoms with Gasteiger partial charge in [0.05, 0.1) is 0 Å². The van der Waals surface area contributed by atoms with Gasteiger partial charge in [0, 0.05) is 5.41 Å². The molecule has 1 heteroatoms. The Hall–Kier alpha value is -1.13. The van der Waals surface area contributed by atoms with Gasteiger partial charge in [0.1, 0.15) is 0 Å². The third kappa shape index (κ3) is 1.80. The van der Waals surface area contributed by atoms with Gasteiger partial charge in [-0.05, 0) is 36.0 Å². The van der Waals surface area contributed by atoms with Crippen molar-refractivity contribution in [1.82, 2.24) is 0 Å². The summed E-state index contributed by atoms with van der Waals surface area (Å²) in [5.74, 6) is 0.679. The van der Waals surface area contributed by atoms with Crippen LogP contribution in [0, 0.1) is 0 Å². The first-order valence-corrected chi connectivity index (χ1v) is 7.49. The fourth-order valence-electron chi connectivity index (χ4n) is 3.29. The molecular weight excluding hydrogens is 235 g/mol. The molecule has 3 atom stereocenters. The Morgan fingerprint density at radius 1 is 0.944 bits per heavy atom. The topological polar surface area (TPSA) is 0 Å². The predicted octanol–water partition coefficient (Wildman–Crippen LogP) is 4.38. The lowest BCUT2D eigenvalue weighted by Gasteiger charge is -2.50. The lowest BCUT2D eigenvalue weighted by Crippen LogP contribution is -2.44. The number of benzene rings is 2. The molecule has 1 saturated carbocycles. The van der Waals surface area contributed by atoms with Crippen LogP contribution in [-0.2, 0) is 5.41 Å². The van der Waals surface area contributed by atoms with E-state index in [4.69, 9.17) is 0 Å². The van der Waals surface area contributed by atoms with Gasteiger partial charge in [-0.25, -0.2) is 0 Å². The third-order valence-electron chi connectivity index (χ3n) is 4.46. The number of rotatable bonds is 3. The van der Waals surface area contributed by atoms with Gasteiger partial charge < -0.3 is 0 Å². The molecule has 3 rings (SSSR count). The summed E-state index contributed by atoms with van der Waals surface area (Å²) in [6, 6.07) is 22.0. The van der Waals surface area contributed by atoms with Crippen molar-refractivity contribution in [3.05, 3.63) is 71.8 Å². The maximum Gasteiger partial charge on any atom is 0.00562 e. The van der Waals surface area contributed by atoms with Crippen LogP contribution in [-0.4, -0.2) is 6.16 Å². The van der Waals surface area contributed by atoms with E-state index < -0.39 is 0 Å². The molecule has 0 aliphatic heterocycles. The Balaban J connectivity index is 1.99. The average Bonchev–Trinajstić information content (AvgIpc) is 2.41.